The number of imide groups is 1. The molecule has 2 bridgehead atoms. The van der Waals surface area contributed by atoms with E-state index in [4.69, 9.17) is 17.0 Å². The van der Waals surface area contributed by atoms with Crippen LogP contribution in [0.15, 0.2) is 42.5 Å². The number of morpholine rings is 1. The van der Waals surface area contributed by atoms with Crippen molar-refractivity contribution in [3.63, 3.8) is 0 Å². The molecule has 0 saturated carbocycles. The summed E-state index contributed by atoms with van der Waals surface area (Å²) in [4.78, 5) is 34.7. The van der Waals surface area contributed by atoms with Crippen LogP contribution in [0.3, 0.4) is 0 Å². The third-order valence-corrected chi connectivity index (χ3v) is 7.94. The summed E-state index contributed by atoms with van der Waals surface area (Å²) in [5.41, 5.74) is 0.664. The number of carbonyl (C=O) groups is 2. The maximum absolute atomic E-state index is 13.6. The average Bonchev–Trinajstić information content (AvgIpc) is 3.53. The third-order valence-electron chi connectivity index (χ3n) is 7.56. The highest BCUT2D eigenvalue weighted by molar-refractivity contribution is 7.80. The van der Waals surface area contributed by atoms with Crippen LogP contribution in [-0.4, -0.2) is 95.8 Å². The fourth-order valence-electron chi connectivity index (χ4n) is 5.94. The number of likely N-dealkylation sites (tertiary alicyclic amines) is 1. The molecule has 1 N–H and O–H groups in total. The van der Waals surface area contributed by atoms with Gasteiger partial charge in [0.1, 0.15) is 6.04 Å². The molecule has 0 radical (unpaired) electrons. The Hall–Kier alpha value is -2.75. The first kappa shape index (κ1) is 21.8. The summed E-state index contributed by atoms with van der Waals surface area (Å²) in [6, 6.07) is 12.9. The van der Waals surface area contributed by atoms with Crippen LogP contribution < -0.4 is 10.2 Å². The molecule has 4 aliphatic heterocycles. The first-order valence-electron chi connectivity index (χ1n) is 12.1. The van der Waals surface area contributed by atoms with E-state index in [1.807, 2.05) is 42.5 Å². The number of hydrogen-bond acceptors (Lipinski definition) is 5. The number of amides is 3. The van der Waals surface area contributed by atoms with E-state index in [0.717, 1.165) is 63.0 Å². The summed E-state index contributed by atoms with van der Waals surface area (Å²) < 4.78 is 5.40. The lowest BCUT2D eigenvalue weighted by Crippen LogP contribution is -2.57. The molecule has 4 aliphatic rings. The van der Waals surface area contributed by atoms with Crippen LogP contribution in [0.1, 0.15) is 12.8 Å². The van der Waals surface area contributed by atoms with E-state index in [1.165, 1.54) is 4.90 Å². The van der Waals surface area contributed by atoms with Gasteiger partial charge in [0.25, 0.3) is 5.91 Å². The van der Waals surface area contributed by atoms with Gasteiger partial charge in [0, 0.05) is 31.6 Å². The molecule has 178 valence electrons. The second-order valence-electron chi connectivity index (χ2n) is 9.46. The zero-order valence-corrected chi connectivity index (χ0v) is 19.9. The van der Waals surface area contributed by atoms with Crippen molar-refractivity contribution in [1.82, 2.24) is 20.0 Å². The molecule has 6 rings (SSSR count). The number of urea groups is 1. The summed E-state index contributed by atoms with van der Waals surface area (Å²) in [6.45, 7) is 6.09. The van der Waals surface area contributed by atoms with E-state index in [2.05, 4.69) is 15.1 Å². The zero-order chi connectivity index (χ0) is 23.2. The molecule has 2 aromatic rings. The van der Waals surface area contributed by atoms with Gasteiger partial charge in [-0.05, 0) is 43.1 Å². The van der Waals surface area contributed by atoms with Crippen molar-refractivity contribution in [3.05, 3.63) is 42.5 Å². The molecule has 9 heteroatoms. The van der Waals surface area contributed by atoms with E-state index in [9.17, 15) is 9.59 Å². The van der Waals surface area contributed by atoms with Crippen LogP contribution in [0.2, 0.25) is 0 Å². The minimum atomic E-state index is -0.474. The standard InChI is InChI=1S/C25H29N5O3S/c31-23-22-21-15-18(16-28(21)24(34)26-9-4-10-27-11-13-33-14-12-27)29(22)25(32)30(23)20-8-3-6-17-5-1-2-7-19(17)20/h1-3,5-8,18,21-22H,4,9-16H2,(H,26,34)/t18-,21?,22+/m1/s1. The number of rotatable bonds is 5. The van der Waals surface area contributed by atoms with E-state index in [0.29, 0.717) is 17.3 Å². The molecule has 0 aromatic heterocycles. The van der Waals surface area contributed by atoms with Crippen LogP contribution in [0, 0.1) is 0 Å². The third kappa shape index (κ3) is 3.54. The number of benzene rings is 2. The van der Waals surface area contributed by atoms with E-state index in [-0.39, 0.29) is 24.0 Å². The van der Waals surface area contributed by atoms with Crippen LogP contribution in [0.5, 0.6) is 0 Å². The fourth-order valence-corrected chi connectivity index (χ4v) is 6.25. The summed E-state index contributed by atoms with van der Waals surface area (Å²) in [5, 5.41) is 6.01. The Morgan fingerprint density at radius 2 is 1.88 bits per heavy atom. The van der Waals surface area contributed by atoms with Crippen molar-refractivity contribution >= 4 is 45.7 Å². The predicted octanol–water partition coefficient (Wildman–Crippen LogP) is 2.03. The van der Waals surface area contributed by atoms with Crippen LogP contribution in [0.4, 0.5) is 10.5 Å². The van der Waals surface area contributed by atoms with Gasteiger partial charge in [-0.1, -0.05) is 36.4 Å². The molecular weight excluding hydrogens is 450 g/mol. The minimum absolute atomic E-state index is 0.0135. The van der Waals surface area contributed by atoms with Crippen molar-refractivity contribution in [2.75, 3.05) is 50.8 Å². The molecule has 8 nitrogen and oxygen atoms in total. The molecule has 0 aliphatic carbocycles. The minimum Gasteiger partial charge on any atom is -0.379 e. The Kier molecular flexibility index (Phi) is 5.63. The van der Waals surface area contributed by atoms with Crippen molar-refractivity contribution in [2.45, 2.75) is 31.0 Å². The van der Waals surface area contributed by atoms with Crippen molar-refractivity contribution < 1.29 is 14.3 Å². The highest BCUT2D eigenvalue weighted by atomic mass is 32.1. The van der Waals surface area contributed by atoms with Crippen molar-refractivity contribution in [3.8, 4) is 0 Å². The average molecular weight is 480 g/mol. The van der Waals surface area contributed by atoms with Gasteiger partial charge in [-0.3, -0.25) is 9.69 Å². The zero-order valence-electron chi connectivity index (χ0n) is 19.1. The fraction of sp³-hybridized carbons (Fsp3) is 0.480. The molecule has 34 heavy (non-hydrogen) atoms. The van der Waals surface area contributed by atoms with E-state index < -0.39 is 6.04 Å². The monoisotopic (exact) mass is 479 g/mol. The first-order chi connectivity index (χ1) is 16.6. The van der Waals surface area contributed by atoms with Gasteiger partial charge in [0.15, 0.2) is 5.11 Å². The lowest BCUT2D eigenvalue weighted by molar-refractivity contribution is -0.120. The summed E-state index contributed by atoms with van der Waals surface area (Å²) >= 11 is 5.71. The Bertz CT molecular complexity index is 1130. The molecule has 4 fully saturated rings. The highest BCUT2D eigenvalue weighted by Crippen LogP contribution is 2.43. The predicted molar refractivity (Wildman–Crippen MR) is 134 cm³/mol. The quantitative estimate of drug-likeness (QED) is 0.400. The normalized spacial score (nSPS) is 26.6. The number of carbonyl (C=O) groups excluding carboxylic acids is 2. The van der Waals surface area contributed by atoms with E-state index in [1.54, 1.807) is 4.90 Å². The first-order valence-corrected chi connectivity index (χ1v) is 12.5. The number of thiocarbonyl (C=S) groups is 1. The number of ether oxygens (including phenoxy) is 1. The molecule has 3 atom stereocenters. The number of nitrogens with one attached hydrogen (secondary N) is 1. The number of fused-ring (bicyclic) bond motifs is 6. The second-order valence-corrected chi connectivity index (χ2v) is 9.84. The topological polar surface area (TPSA) is 68.4 Å². The lowest BCUT2D eigenvalue weighted by Gasteiger charge is -2.36. The largest absolute Gasteiger partial charge is 0.379 e. The maximum atomic E-state index is 13.6. The number of nitrogens with zero attached hydrogens (tertiary/aromatic N) is 4. The second kappa shape index (κ2) is 8.79. The van der Waals surface area contributed by atoms with Gasteiger partial charge >= 0.3 is 6.03 Å². The summed E-state index contributed by atoms with van der Waals surface area (Å²) in [7, 11) is 0. The lowest BCUT2D eigenvalue weighted by atomic mass is 10.1. The molecule has 0 spiro atoms. The van der Waals surface area contributed by atoms with Crippen LogP contribution >= 0.6 is 12.2 Å². The van der Waals surface area contributed by atoms with Crippen molar-refractivity contribution in [2.24, 2.45) is 0 Å². The Morgan fingerprint density at radius 1 is 1.09 bits per heavy atom. The van der Waals surface area contributed by atoms with Crippen molar-refractivity contribution in [1.29, 1.82) is 0 Å². The summed E-state index contributed by atoms with van der Waals surface area (Å²) in [6.07, 6.45) is 1.80. The number of anilines is 1. The smallest absolute Gasteiger partial charge is 0.332 e. The van der Waals surface area contributed by atoms with Gasteiger partial charge in [0.2, 0.25) is 0 Å². The summed E-state index contributed by atoms with van der Waals surface area (Å²) in [5.74, 6) is -0.145. The SMILES string of the molecule is O=C1[C@@H]2C3C[C@H](CN3C(=S)NCCCN3CCOCC3)N2C(=O)N1c1cccc2ccccc12. The van der Waals surface area contributed by atoms with Crippen LogP contribution in [0.25, 0.3) is 10.8 Å². The molecule has 4 heterocycles. The Balaban J connectivity index is 1.13. The Labute approximate surface area is 204 Å². The number of hydrogen-bond donors (Lipinski definition) is 1. The van der Waals surface area contributed by atoms with Gasteiger partial charge in [-0.2, -0.15) is 0 Å². The number of piperazine rings is 1. The van der Waals surface area contributed by atoms with Gasteiger partial charge in [-0.15, -0.1) is 0 Å². The highest BCUT2D eigenvalue weighted by Gasteiger charge is 2.62. The molecule has 1 unspecified atom stereocenters. The van der Waals surface area contributed by atoms with Gasteiger partial charge < -0.3 is 19.9 Å². The molecule has 3 amide bonds. The molecule has 4 saturated heterocycles. The Morgan fingerprint density at radius 3 is 2.74 bits per heavy atom. The molecule has 2 aromatic carbocycles. The van der Waals surface area contributed by atoms with Gasteiger partial charge in [-0.25, -0.2) is 9.69 Å². The van der Waals surface area contributed by atoms with E-state index >= 15 is 0 Å². The maximum Gasteiger partial charge on any atom is 0.332 e. The van der Waals surface area contributed by atoms with Crippen LogP contribution in [-0.2, 0) is 9.53 Å². The molecular formula is C25H29N5O3S. The van der Waals surface area contributed by atoms with Gasteiger partial charge in [0.05, 0.1) is 31.0 Å².